The quantitative estimate of drug-likeness (QED) is 0.605. The van der Waals surface area contributed by atoms with Gasteiger partial charge in [0.25, 0.3) is 5.91 Å². The van der Waals surface area contributed by atoms with E-state index >= 15 is 0 Å². The minimum Gasteiger partial charge on any atom is -0.434 e. The summed E-state index contributed by atoms with van der Waals surface area (Å²) in [5, 5.41) is 4.92. The van der Waals surface area contributed by atoms with E-state index in [4.69, 9.17) is 14.3 Å². The molecule has 7 heteroatoms. The van der Waals surface area contributed by atoms with Gasteiger partial charge in [0.2, 0.25) is 0 Å². The highest BCUT2D eigenvalue weighted by molar-refractivity contribution is 6.24. The Hall–Kier alpha value is -2.82. The monoisotopic (exact) mass is 412 g/mol. The predicted molar refractivity (Wildman–Crippen MR) is 112 cm³/mol. The van der Waals surface area contributed by atoms with Crippen LogP contribution < -0.4 is 5.32 Å². The average Bonchev–Trinajstić information content (AvgIpc) is 2.94. The first-order valence-corrected chi connectivity index (χ1v) is 10.1. The molecule has 7 nitrogen and oxygen atoms in total. The van der Waals surface area contributed by atoms with Crippen LogP contribution in [0.15, 0.2) is 17.9 Å². The fourth-order valence-electron chi connectivity index (χ4n) is 4.26. The van der Waals surface area contributed by atoms with E-state index in [1.54, 1.807) is 21.0 Å². The second-order valence-electron chi connectivity index (χ2n) is 7.50. The van der Waals surface area contributed by atoms with Gasteiger partial charge >= 0.3 is 6.16 Å². The Morgan fingerprint density at radius 2 is 1.87 bits per heavy atom. The van der Waals surface area contributed by atoms with Crippen molar-refractivity contribution in [1.82, 2.24) is 10.4 Å². The second kappa shape index (κ2) is 8.90. The topological polar surface area (TPSA) is 77.1 Å². The van der Waals surface area contributed by atoms with Gasteiger partial charge in [-0.3, -0.25) is 4.79 Å². The third-order valence-corrected chi connectivity index (χ3v) is 5.58. The Balaban J connectivity index is 2.14. The molecule has 1 fully saturated rings. The van der Waals surface area contributed by atoms with Gasteiger partial charge in [-0.05, 0) is 69.4 Å². The summed E-state index contributed by atoms with van der Waals surface area (Å²) < 4.78 is 10.7. The molecule has 1 aromatic rings. The van der Waals surface area contributed by atoms with Crippen LogP contribution in [0.1, 0.15) is 48.9 Å². The number of hydroxylamine groups is 2. The molecule has 1 aromatic carbocycles. The lowest BCUT2D eigenvalue weighted by molar-refractivity contribution is -0.152. The fraction of sp³-hybridized carbons (Fsp3) is 0.478. The van der Waals surface area contributed by atoms with Crippen LogP contribution in [0.3, 0.4) is 0 Å². The Bertz CT molecular complexity index is 923. The fourth-order valence-corrected chi connectivity index (χ4v) is 4.26. The largest absolute Gasteiger partial charge is 0.513 e. The number of carbonyl (C=O) groups is 2. The first-order chi connectivity index (χ1) is 14.3. The van der Waals surface area contributed by atoms with E-state index in [2.05, 4.69) is 17.2 Å². The van der Waals surface area contributed by atoms with Gasteiger partial charge in [-0.15, -0.1) is 5.92 Å². The molecule has 160 valence electrons. The zero-order chi connectivity index (χ0) is 21.9. The number of piperidine rings is 1. The van der Waals surface area contributed by atoms with Crippen LogP contribution in [-0.4, -0.2) is 49.5 Å². The lowest BCUT2D eigenvalue weighted by Crippen LogP contribution is -2.53. The lowest BCUT2D eigenvalue weighted by Gasteiger charge is -2.38. The van der Waals surface area contributed by atoms with Gasteiger partial charge in [-0.2, -0.15) is 5.06 Å². The molecule has 0 atom stereocenters. The molecule has 0 unspecified atom stereocenters. The van der Waals surface area contributed by atoms with Crippen LogP contribution in [-0.2, 0) is 19.1 Å². The molecule has 0 saturated carbocycles. The first kappa shape index (κ1) is 21.9. The van der Waals surface area contributed by atoms with Crippen molar-refractivity contribution in [2.45, 2.75) is 46.1 Å². The predicted octanol–water partition coefficient (Wildman–Crippen LogP) is 3.08. The SMILES string of the molecule is CC#Cc1cc(C)c(C2=C(OC(=O)OCC)C3(CCN(OC)CC3)NC2=O)c(C)c1. The number of nitrogens with zero attached hydrogens (tertiary/aromatic N) is 1. The molecule has 0 bridgehead atoms. The summed E-state index contributed by atoms with van der Waals surface area (Å²) in [6, 6.07) is 3.89. The lowest BCUT2D eigenvalue weighted by atomic mass is 9.85. The van der Waals surface area contributed by atoms with E-state index < -0.39 is 11.7 Å². The van der Waals surface area contributed by atoms with Crippen LogP contribution in [0, 0.1) is 25.7 Å². The summed E-state index contributed by atoms with van der Waals surface area (Å²) >= 11 is 0. The van der Waals surface area contributed by atoms with E-state index in [1.165, 1.54) is 0 Å². The summed E-state index contributed by atoms with van der Waals surface area (Å²) in [7, 11) is 1.62. The van der Waals surface area contributed by atoms with Gasteiger partial charge in [0.15, 0.2) is 5.76 Å². The van der Waals surface area contributed by atoms with Crippen molar-refractivity contribution in [3.8, 4) is 11.8 Å². The Morgan fingerprint density at radius 3 is 2.40 bits per heavy atom. The van der Waals surface area contributed by atoms with Crippen molar-refractivity contribution < 1.29 is 23.9 Å². The maximum Gasteiger partial charge on any atom is 0.513 e. The number of aryl methyl sites for hydroxylation is 2. The molecule has 0 aromatic heterocycles. The van der Waals surface area contributed by atoms with Crippen molar-refractivity contribution in [1.29, 1.82) is 0 Å². The molecule has 1 spiro atoms. The Kier molecular flexibility index (Phi) is 6.49. The number of carbonyl (C=O) groups excluding carboxylic acids is 2. The molecule has 1 N–H and O–H groups in total. The highest BCUT2D eigenvalue weighted by atomic mass is 16.7. The zero-order valence-electron chi connectivity index (χ0n) is 18.2. The highest BCUT2D eigenvalue weighted by Crippen LogP contribution is 2.42. The number of ether oxygens (including phenoxy) is 2. The summed E-state index contributed by atoms with van der Waals surface area (Å²) in [6.07, 6.45) is 0.309. The number of benzene rings is 1. The van der Waals surface area contributed by atoms with Crippen LogP contribution in [0.4, 0.5) is 4.79 Å². The maximum atomic E-state index is 13.2. The normalized spacial score (nSPS) is 18.1. The number of hydrogen-bond donors (Lipinski definition) is 1. The Morgan fingerprint density at radius 1 is 1.23 bits per heavy atom. The molecule has 0 radical (unpaired) electrons. The minimum absolute atomic E-state index is 0.190. The molecule has 2 heterocycles. The van der Waals surface area contributed by atoms with E-state index in [1.807, 2.05) is 31.0 Å². The molecule has 1 amide bonds. The van der Waals surface area contributed by atoms with Gasteiger partial charge in [-0.25, -0.2) is 4.79 Å². The molecule has 2 aliphatic rings. The van der Waals surface area contributed by atoms with Crippen LogP contribution in [0.5, 0.6) is 0 Å². The number of nitrogens with one attached hydrogen (secondary N) is 1. The van der Waals surface area contributed by atoms with E-state index in [0.29, 0.717) is 37.3 Å². The summed E-state index contributed by atoms with van der Waals surface area (Å²) in [6.45, 7) is 8.76. The van der Waals surface area contributed by atoms with Crippen molar-refractivity contribution in [3.05, 3.63) is 40.1 Å². The third-order valence-electron chi connectivity index (χ3n) is 5.58. The minimum atomic E-state index is -0.807. The molecule has 0 aliphatic carbocycles. The van der Waals surface area contributed by atoms with E-state index in [-0.39, 0.29) is 12.5 Å². The van der Waals surface area contributed by atoms with Gasteiger partial charge in [0, 0.05) is 18.7 Å². The number of hydrogen-bond acceptors (Lipinski definition) is 6. The smallest absolute Gasteiger partial charge is 0.434 e. The number of rotatable bonds is 4. The van der Waals surface area contributed by atoms with Crippen molar-refractivity contribution in [2.75, 3.05) is 26.8 Å². The maximum absolute atomic E-state index is 13.2. The average molecular weight is 412 g/mol. The summed E-state index contributed by atoms with van der Waals surface area (Å²) in [5.41, 5.74) is 3.06. The van der Waals surface area contributed by atoms with Gasteiger partial charge in [0.1, 0.15) is 5.54 Å². The summed E-state index contributed by atoms with van der Waals surface area (Å²) in [4.78, 5) is 30.8. The van der Waals surface area contributed by atoms with Crippen LogP contribution >= 0.6 is 0 Å². The molecular weight excluding hydrogens is 384 g/mol. The first-order valence-electron chi connectivity index (χ1n) is 10.1. The molecule has 2 aliphatic heterocycles. The Labute approximate surface area is 177 Å². The zero-order valence-corrected chi connectivity index (χ0v) is 18.2. The van der Waals surface area contributed by atoms with E-state index in [9.17, 15) is 9.59 Å². The van der Waals surface area contributed by atoms with Gasteiger partial charge in [0.05, 0.1) is 19.3 Å². The van der Waals surface area contributed by atoms with Crippen molar-refractivity contribution >= 4 is 17.6 Å². The van der Waals surface area contributed by atoms with Crippen molar-refractivity contribution in [3.63, 3.8) is 0 Å². The second-order valence-corrected chi connectivity index (χ2v) is 7.50. The van der Waals surface area contributed by atoms with E-state index in [0.717, 1.165) is 22.3 Å². The van der Waals surface area contributed by atoms with Gasteiger partial charge in [-0.1, -0.05) is 5.92 Å². The van der Waals surface area contributed by atoms with Gasteiger partial charge < -0.3 is 19.6 Å². The van der Waals surface area contributed by atoms with Crippen LogP contribution in [0.25, 0.3) is 5.57 Å². The standard InChI is InChI=1S/C23H28N2O5/c1-6-8-17-13-15(3)18(16(4)14-17)19-20(30-22(27)29-7-2)23(24-21(19)26)9-11-25(28-5)12-10-23/h13-14H,7,9-12H2,1-5H3,(H,24,26). The molecule has 3 rings (SSSR count). The summed E-state index contributed by atoms with van der Waals surface area (Å²) in [5.74, 6) is 6.04. The molecule has 1 saturated heterocycles. The highest BCUT2D eigenvalue weighted by Gasteiger charge is 2.50. The molecular formula is C23H28N2O5. The number of amides is 1. The third kappa shape index (κ3) is 4.07. The molecule has 30 heavy (non-hydrogen) atoms. The van der Waals surface area contributed by atoms with Crippen molar-refractivity contribution in [2.24, 2.45) is 0 Å². The van der Waals surface area contributed by atoms with Crippen LogP contribution in [0.2, 0.25) is 0 Å².